The molecule has 2 aromatic carbocycles. The van der Waals surface area contributed by atoms with Gasteiger partial charge in [-0.05, 0) is 17.5 Å². The maximum Gasteiger partial charge on any atom is 0.343 e. The van der Waals surface area contributed by atoms with Crippen molar-refractivity contribution >= 4 is 16.6 Å². The van der Waals surface area contributed by atoms with Gasteiger partial charge in [0.15, 0.2) is 5.78 Å². The van der Waals surface area contributed by atoms with Gasteiger partial charge in [0.2, 0.25) is 0 Å². The molecule has 1 atom stereocenters. The molecule has 22 heavy (non-hydrogen) atoms. The van der Waals surface area contributed by atoms with Crippen LogP contribution >= 0.6 is 0 Å². The average molecular weight is 290 g/mol. The summed E-state index contributed by atoms with van der Waals surface area (Å²) >= 11 is 0. The quantitative estimate of drug-likeness (QED) is 0.686. The molecule has 0 radical (unpaired) electrons. The third-order valence-electron chi connectivity index (χ3n) is 4.32. The number of carbonyl (C=O) groups is 1. The first-order valence-corrected chi connectivity index (χ1v) is 7.37. The Hall–Kier alpha value is -2.68. The second-order valence-corrected chi connectivity index (χ2v) is 5.67. The maximum absolute atomic E-state index is 12.6. The first-order chi connectivity index (χ1) is 10.7. The molecule has 0 N–H and O–H groups in total. The third kappa shape index (κ3) is 1.98. The van der Waals surface area contributed by atoms with Crippen LogP contribution in [0.15, 0.2) is 63.8 Å². The normalized spacial score (nSPS) is 17.5. The van der Waals surface area contributed by atoms with Gasteiger partial charge in [-0.15, -0.1) is 0 Å². The van der Waals surface area contributed by atoms with E-state index in [0.717, 1.165) is 5.56 Å². The van der Waals surface area contributed by atoms with Crippen LogP contribution < -0.4 is 5.63 Å². The zero-order chi connectivity index (χ0) is 15.1. The molecule has 0 aliphatic heterocycles. The van der Waals surface area contributed by atoms with E-state index < -0.39 is 0 Å². The van der Waals surface area contributed by atoms with E-state index in [4.69, 9.17) is 4.42 Å². The first kappa shape index (κ1) is 13.0. The average Bonchev–Trinajstić information content (AvgIpc) is 2.55. The number of ketones is 1. The van der Waals surface area contributed by atoms with Crippen LogP contribution in [0.5, 0.6) is 0 Å². The molecule has 0 saturated carbocycles. The summed E-state index contributed by atoms with van der Waals surface area (Å²) in [7, 11) is 0. The van der Waals surface area contributed by atoms with Gasteiger partial charge >= 0.3 is 5.63 Å². The molecule has 0 bridgehead atoms. The molecular formula is C19H14O3. The van der Waals surface area contributed by atoms with Crippen LogP contribution in [0, 0.1) is 0 Å². The predicted molar refractivity (Wildman–Crippen MR) is 84.3 cm³/mol. The molecule has 0 fully saturated rings. The molecule has 0 saturated heterocycles. The lowest BCUT2D eigenvalue weighted by Gasteiger charge is -2.23. The first-order valence-electron chi connectivity index (χ1n) is 7.37. The highest BCUT2D eigenvalue weighted by atomic mass is 16.4. The molecule has 1 heterocycles. The maximum atomic E-state index is 12.6. The minimum atomic E-state index is -0.365. The summed E-state index contributed by atoms with van der Waals surface area (Å²) in [6.45, 7) is 0. The van der Waals surface area contributed by atoms with Crippen LogP contribution in [0.1, 0.15) is 34.0 Å². The Morgan fingerprint density at radius 2 is 1.50 bits per heavy atom. The lowest BCUT2D eigenvalue weighted by molar-refractivity contribution is 0.0959. The van der Waals surface area contributed by atoms with E-state index in [1.807, 2.05) is 42.5 Å². The van der Waals surface area contributed by atoms with Gasteiger partial charge in [-0.25, -0.2) is 4.79 Å². The van der Waals surface area contributed by atoms with Crippen molar-refractivity contribution in [1.29, 1.82) is 0 Å². The second-order valence-electron chi connectivity index (χ2n) is 5.67. The number of fused-ring (bicyclic) bond motifs is 3. The molecule has 4 rings (SSSR count). The molecule has 1 aliphatic rings. The van der Waals surface area contributed by atoms with E-state index in [2.05, 4.69) is 0 Å². The standard InChI is InChI=1S/C19H14O3/c20-16-10-13(12-6-2-1-3-7-12)11-17-18(16)14-8-4-5-9-15(14)19(21)22-17/h1-9,13H,10-11H2. The summed E-state index contributed by atoms with van der Waals surface area (Å²) in [5.74, 6) is 0.648. The fraction of sp³-hybridized carbons (Fsp3) is 0.158. The summed E-state index contributed by atoms with van der Waals surface area (Å²) in [5, 5.41) is 1.19. The third-order valence-corrected chi connectivity index (χ3v) is 4.32. The molecular weight excluding hydrogens is 276 g/mol. The van der Waals surface area contributed by atoms with Gasteiger partial charge in [-0.2, -0.15) is 0 Å². The van der Waals surface area contributed by atoms with Gasteiger partial charge in [-0.3, -0.25) is 4.79 Å². The fourth-order valence-corrected chi connectivity index (χ4v) is 3.28. The molecule has 108 valence electrons. The van der Waals surface area contributed by atoms with Gasteiger partial charge in [0.25, 0.3) is 0 Å². The molecule has 1 aromatic heterocycles. The van der Waals surface area contributed by atoms with Crippen molar-refractivity contribution < 1.29 is 9.21 Å². The van der Waals surface area contributed by atoms with Crippen LogP contribution in [0.3, 0.4) is 0 Å². The minimum Gasteiger partial charge on any atom is -0.427 e. The van der Waals surface area contributed by atoms with Crippen LogP contribution in [-0.2, 0) is 6.42 Å². The monoisotopic (exact) mass is 290 g/mol. The number of Topliss-reactive ketones (excluding diaryl/α,β-unsaturated/α-hetero) is 1. The highest BCUT2D eigenvalue weighted by Gasteiger charge is 2.30. The highest BCUT2D eigenvalue weighted by molar-refractivity contribution is 6.09. The Labute approximate surface area is 127 Å². The number of hydrogen-bond acceptors (Lipinski definition) is 3. The van der Waals surface area contributed by atoms with E-state index >= 15 is 0 Å². The number of rotatable bonds is 1. The predicted octanol–water partition coefficient (Wildman–Crippen LogP) is 3.71. The Balaban J connectivity index is 1.89. The van der Waals surface area contributed by atoms with Crippen molar-refractivity contribution in [2.75, 3.05) is 0 Å². The molecule has 1 unspecified atom stereocenters. The molecule has 3 aromatic rings. The van der Waals surface area contributed by atoms with Crippen molar-refractivity contribution in [2.24, 2.45) is 0 Å². The summed E-state index contributed by atoms with van der Waals surface area (Å²) in [6, 6.07) is 17.1. The molecule has 0 amide bonds. The van der Waals surface area contributed by atoms with Crippen LogP contribution in [0.25, 0.3) is 10.8 Å². The van der Waals surface area contributed by atoms with Gasteiger partial charge in [-0.1, -0.05) is 48.5 Å². The van der Waals surface area contributed by atoms with Crippen molar-refractivity contribution in [1.82, 2.24) is 0 Å². The largest absolute Gasteiger partial charge is 0.427 e. The molecule has 0 spiro atoms. The van der Waals surface area contributed by atoms with Gasteiger partial charge in [0.1, 0.15) is 5.76 Å². The SMILES string of the molecule is O=C1CC(c2ccccc2)Cc2oc(=O)c3ccccc3c21. The zero-order valence-corrected chi connectivity index (χ0v) is 11.9. The summed E-state index contributed by atoms with van der Waals surface area (Å²) in [5.41, 5.74) is 1.33. The highest BCUT2D eigenvalue weighted by Crippen LogP contribution is 2.34. The number of carbonyl (C=O) groups excluding carboxylic acids is 1. The van der Waals surface area contributed by atoms with E-state index in [1.165, 1.54) is 0 Å². The van der Waals surface area contributed by atoms with Crippen molar-refractivity contribution in [3.05, 3.63) is 81.9 Å². The van der Waals surface area contributed by atoms with Gasteiger partial charge in [0, 0.05) is 18.2 Å². The number of hydrogen-bond donors (Lipinski definition) is 0. The smallest absolute Gasteiger partial charge is 0.343 e. The number of benzene rings is 2. The minimum absolute atomic E-state index is 0.0510. The van der Waals surface area contributed by atoms with Crippen molar-refractivity contribution in [2.45, 2.75) is 18.8 Å². The fourth-order valence-electron chi connectivity index (χ4n) is 3.28. The lowest BCUT2D eigenvalue weighted by Crippen LogP contribution is -2.21. The van der Waals surface area contributed by atoms with Crippen molar-refractivity contribution in [3.8, 4) is 0 Å². The van der Waals surface area contributed by atoms with Crippen LogP contribution in [-0.4, -0.2) is 5.78 Å². The zero-order valence-electron chi connectivity index (χ0n) is 11.9. The molecule has 3 heteroatoms. The molecule has 1 aliphatic carbocycles. The second kappa shape index (κ2) is 4.95. The van der Waals surface area contributed by atoms with Gasteiger partial charge < -0.3 is 4.42 Å². The van der Waals surface area contributed by atoms with E-state index in [9.17, 15) is 9.59 Å². The lowest BCUT2D eigenvalue weighted by atomic mass is 9.81. The Morgan fingerprint density at radius 3 is 2.27 bits per heavy atom. The van der Waals surface area contributed by atoms with Crippen LogP contribution in [0.2, 0.25) is 0 Å². The summed E-state index contributed by atoms with van der Waals surface area (Å²) < 4.78 is 5.46. The summed E-state index contributed by atoms with van der Waals surface area (Å²) in [4.78, 5) is 24.8. The Kier molecular flexibility index (Phi) is 2.93. The summed E-state index contributed by atoms with van der Waals surface area (Å²) in [6.07, 6.45) is 1.04. The topological polar surface area (TPSA) is 47.3 Å². The van der Waals surface area contributed by atoms with E-state index in [-0.39, 0.29) is 17.3 Å². The Bertz CT molecular complexity index is 922. The Morgan fingerprint density at radius 1 is 0.818 bits per heavy atom. The van der Waals surface area contributed by atoms with Gasteiger partial charge in [0.05, 0.1) is 10.9 Å². The van der Waals surface area contributed by atoms with E-state index in [1.54, 1.807) is 12.1 Å². The molecule has 3 nitrogen and oxygen atoms in total. The van der Waals surface area contributed by atoms with E-state index in [0.29, 0.717) is 34.9 Å². The van der Waals surface area contributed by atoms with Crippen molar-refractivity contribution in [3.63, 3.8) is 0 Å². The van der Waals surface area contributed by atoms with Crippen LogP contribution in [0.4, 0.5) is 0 Å².